The van der Waals surface area contributed by atoms with Crippen molar-refractivity contribution < 1.29 is 9.53 Å². The molecule has 2 N–H and O–H groups in total. The maximum Gasteiger partial charge on any atom is 0.315 e. The number of unbranched alkanes of at least 4 members (excludes halogenated alkanes) is 2. The Labute approximate surface area is 128 Å². The first kappa shape index (κ1) is 17.3. The van der Waals surface area contributed by atoms with Crippen molar-refractivity contribution in [2.24, 2.45) is 0 Å². The van der Waals surface area contributed by atoms with Gasteiger partial charge in [0.1, 0.15) is 12.4 Å². The van der Waals surface area contributed by atoms with Gasteiger partial charge in [-0.1, -0.05) is 43.9 Å². The maximum atomic E-state index is 11.7. The van der Waals surface area contributed by atoms with Crippen LogP contribution in [-0.4, -0.2) is 25.2 Å². The summed E-state index contributed by atoms with van der Waals surface area (Å²) < 4.78 is 5.55. The van der Waals surface area contributed by atoms with Crippen molar-refractivity contribution in [1.29, 1.82) is 0 Å². The van der Waals surface area contributed by atoms with E-state index in [1.165, 1.54) is 18.4 Å². The molecule has 2 amide bonds. The second kappa shape index (κ2) is 10.1. The van der Waals surface area contributed by atoms with Crippen molar-refractivity contribution in [3.8, 4) is 5.75 Å². The zero-order valence-electron chi connectivity index (χ0n) is 13.4. The van der Waals surface area contributed by atoms with Gasteiger partial charge in [-0.2, -0.15) is 0 Å². The second-order valence-electron chi connectivity index (χ2n) is 5.46. The highest BCUT2D eigenvalue weighted by Gasteiger charge is 2.05. The van der Waals surface area contributed by atoms with E-state index in [1.807, 2.05) is 38.1 Å². The molecule has 0 aliphatic rings. The van der Waals surface area contributed by atoms with Crippen LogP contribution < -0.4 is 15.4 Å². The van der Waals surface area contributed by atoms with Crippen LogP contribution in [0.3, 0.4) is 0 Å². The van der Waals surface area contributed by atoms with Crippen molar-refractivity contribution in [1.82, 2.24) is 10.6 Å². The lowest BCUT2D eigenvalue weighted by atomic mass is 10.1. The van der Waals surface area contributed by atoms with E-state index in [-0.39, 0.29) is 12.1 Å². The highest BCUT2D eigenvalue weighted by Crippen LogP contribution is 2.10. The highest BCUT2D eigenvalue weighted by atomic mass is 16.5. The fourth-order valence-corrected chi connectivity index (χ4v) is 2.02. The third-order valence-corrected chi connectivity index (χ3v) is 3.30. The summed E-state index contributed by atoms with van der Waals surface area (Å²) in [4.78, 5) is 11.7. The van der Waals surface area contributed by atoms with Crippen LogP contribution in [0.2, 0.25) is 0 Å². The van der Waals surface area contributed by atoms with Gasteiger partial charge in [0.15, 0.2) is 0 Å². The lowest BCUT2D eigenvalue weighted by Crippen LogP contribution is -2.42. The minimum atomic E-state index is -0.119. The number of carbonyl (C=O) groups excluding carboxylic acids is 1. The first-order valence-electron chi connectivity index (χ1n) is 7.85. The number of nitrogens with one attached hydrogen (secondary N) is 2. The molecule has 21 heavy (non-hydrogen) atoms. The quantitative estimate of drug-likeness (QED) is 0.683. The summed E-state index contributed by atoms with van der Waals surface area (Å²) in [5.41, 5.74) is 1.21. The molecule has 0 aliphatic heterocycles. The van der Waals surface area contributed by atoms with Gasteiger partial charge < -0.3 is 15.4 Å². The Kier molecular flexibility index (Phi) is 8.32. The average molecular weight is 292 g/mol. The topological polar surface area (TPSA) is 50.4 Å². The number of urea groups is 1. The molecule has 1 rings (SSSR count). The van der Waals surface area contributed by atoms with E-state index in [2.05, 4.69) is 17.6 Å². The number of benzene rings is 1. The normalized spacial score (nSPS) is 11.8. The molecule has 1 aromatic rings. The van der Waals surface area contributed by atoms with Gasteiger partial charge in [-0.3, -0.25) is 0 Å². The summed E-state index contributed by atoms with van der Waals surface area (Å²) in [5, 5.41) is 5.75. The van der Waals surface area contributed by atoms with Gasteiger partial charge in [-0.15, -0.1) is 0 Å². The summed E-state index contributed by atoms with van der Waals surface area (Å²) in [5.74, 6) is 0.829. The molecule has 118 valence electrons. The molecule has 0 saturated carbocycles. The first-order chi connectivity index (χ1) is 10.1. The molecule has 0 radical (unpaired) electrons. The number of aryl methyl sites for hydroxylation is 1. The van der Waals surface area contributed by atoms with Crippen LogP contribution in [0.5, 0.6) is 5.75 Å². The molecule has 0 fully saturated rings. The average Bonchev–Trinajstić information content (AvgIpc) is 2.46. The Morgan fingerprint density at radius 3 is 2.62 bits per heavy atom. The lowest BCUT2D eigenvalue weighted by molar-refractivity contribution is 0.232. The van der Waals surface area contributed by atoms with E-state index < -0.39 is 0 Å². The molecule has 0 spiro atoms. The summed E-state index contributed by atoms with van der Waals surface area (Å²) in [7, 11) is 0. The van der Waals surface area contributed by atoms with Gasteiger partial charge in [0, 0.05) is 6.04 Å². The number of hydrogen-bond donors (Lipinski definition) is 2. The Balaban J connectivity index is 2.08. The Morgan fingerprint density at radius 2 is 1.95 bits per heavy atom. The third-order valence-electron chi connectivity index (χ3n) is 3.30. The SMILES string of the molecule is CCCCCC(C)NC(=O)NCCOc1ccc(C)cc1. The van der Waals surface area contributed by atoms with Gasteiger partial charge in [0.2, 0.25) is 0 Å². The van der Waals surface area contributed by atoms with Crippen LogP contribution >= 0.6 is 0 Å². The number of hydrogen-bond acceptors (Lipinski definition) is 2. The predicted octanol–water partition coefficient (Wildman–Crippen LogP) is 3.64. The third kappa shape index (κ3) is 8.23. The number of ether oxygens (including phenoxy) is 1. The van der Waals surface area contributed by atoms with Gasteiger partial charge in [0.25, 0.3) is 0 Å². The van der Waals surface area contributed by atoms with Crippen molar-refractivity contribution in [2.45, 2.75) is 52.5 Å². The maximum absolute atomic E-state index is 11.7. The van der Waals surface area contributed by atoms with Crippen molar-refractivity contribution in [2.75, 3.05) is 13.2 Å². The monoisotopic (exact) mass is 292 g/mol. The number of amides is 2. The Bertz CT molecular complexity index is 404. The molecule has 1 unspecified atom stereocenters. The molecule has 4 nitrogen and oxygen atoms in total. The van der Waals surface area contributed by atoms with Gasteiger partial charge in [-0.05, 0) is 32.4 Å². The smallest absolute Gasteiger partial charge is 0.315 e. The minimum absolute atomic E-state index is 0.119. The molecule has 0 aliphatic carbocycles. The van der Waals surface area contributed by atoms with Crippen LogP contribution in [0, 0.1) is 6.92 Å². The second-order valence-corrected chi connectivity index (χ2v) is 5.46. The fourth-order valence-electron chi connectivity index (χ4n) is 2.02. The van der Waals surface area contributed by atoms with E-state index in [1.54, 1.807) is 0 Å². The molecule has 4 heteroatoms. The molecule has 0 aromatic heterocycles. The van der Waals surface area contributed by atoms with Crippen molar-refractivity contribution in [3.63, 3.8) is 0 Å². The van der Waals surface area contributed by atoms with Crippen LogP contribution in [0.4, 0.5) is 4.79 Å². The summed E-state index contributed by atoms with van der Waals surface area (Å²) in [6, 6.07) is 7.98. The first-order valence-corrected chi connectivity index (χ1v) is 7.85. The Morgan fingerprint density at radius 1 is 1.24 bits per heavy atom. The van der Waals surface area contributed by atoms with Crippen LogP contribution in [-0.2, 0) is 0 Å². The van der Waals surface area contributed by atoms with Gasteiger partial charge >= 0.3 is 6.03 Å². The summed E-state index contributed by atoms with van der Waals surface area (Å²) >= 11 is 0. The van der Waals surface area contributed by atoms with E-state index in [9.17, 15) is 4.79 Å². The van der Waals surface area contributed by atoms with E-state index in [4.69, 9.17) is 4.74 Å². The van der Waals surface area contributed by atoms with Crippen molar-refractivity contribution in [3.05, 3.63) is 29.8 Å². The molecule has 0 saturated heterocycles. The number of carbonyl (C=O) groups is 1. The largest absolute Gasteiger partial charge is 0.492 e. The van der Waals surface area contributed by atoms with Crippen LogP contribution in [0.1, 0.15) is 45.1 Å². The highest BCUT2D eigenvalue weighted by molar-refractivity contribution is 5.74. The van der Waals surface area contributed by atoms with E-state index in [0.29, 0.717) is 13.2 Å². The molecular formula is C17H28N2O2. The molecule has 0 heterocycles. The molecule has 0 bridgehead atoms. The summed E-state index contributed by atoms with van der Waals surface area (Å²) in [6.45, 7) is 7.23. The number of rotatable bonds is 9. The van der Waals surface area contributed by atoms with Gasteiger partial charge in [0.05, 0.1) is 6.54 Å². The zero-order chi connectivity index (χ0) is 15.5. The standard InChI is InChI=1S/C17H28N2O2/c1-4-5-6-7-15(3)19-17(20)18-12-13-21-16-10-8-14(2)9-11-16/h8-11,15H,4-7,12-13H2,1-3H3,(H2,18,19,20). The van der Waals surface area contributed by atoms with Crippen LogP contribution in [0.15, 0.2) is 24.3 Å². The minimum Gasteiger partial charge on any atom is -0.492 e. The van der Waals surface area contributed by atoms with E-state index >= 15 is 0 Å². The lowest BCUT2D eigenvalue weighted by Gasteiger charge is -2.14. The van der Waals surface area contributed by atoms with Crippen LogP contribution in [0.25, 0.3) is 0 Å². The summed E-state index contributed by atoms with van der Waals surface area (Å²) in [6.07, 6.45) is 4.61. The van der Waals surface area contributed by atoms with E-state index in [0.717, 1.165) is 18.6 Å². The predicted molar refractivity (Wildman–Crippen MR) is 86.8 cm³/mol. The van der Waals surface area contributed by atoms with Crippen molar-refractivity contribution >= 4 is 6.03 Å². The zero-order valence-corrected chi connectivity index (χ0v) is 13.4. The fraction of sp³-hybridized carbons (Fsp3) is 0.588. The molecule has 1 aromatic carbocycles. The Hall–Kier alpha value is -1.71. The van der Waals surface area contributed by atoms with Gasteiger partial charge in [-0.25, -0.2) is 4.79 Å². The molecular weight excluding hydrogens is 264 g/mol. The molecule has 1 atom stereocenters.